The summed E-state index contributed by atoms with van der Waals surface area (Å²) in [5.41, 5.74) is 0. The minimum absolute atomic E-state index is 0.188. The highest BCUT2D eigenvalue weighted by molar-refractivity contribution is 5.69. The molecular weight excluding hydrogens is 725 g/mol. The van der Waals surface area contributed by atoms with Crippen LogP contribution >= 0.6 is 0 Å². The molecule has 0 amide bonds. The average Bonchev–Trinajstić information content (AvgIpc) is 3.24. The second kappa shape index (κ2) is 50.9. The largest absolute Gasteiger partial charge is 0.457 e. The van der Waals surface area contributed by atoms with Crippen molar-refractivity contribution < 1.29 is 19.4 Å². The second-order valence-corrected chi connectivity index (χ2v) is 15.4. The van der Waals surface area contributed by atoms with Crippen molar-refractivity contribution >= 4 is 5.97 Å². The summed E-state index contributed by atoms with van der Waals surface area (Å²) in [5.74, 6) is -0.220. The fourth-order valence-corrected chi connectivity index (χ4v) is 6.26. The van der Waals surface area contributed by atoms with Crippen LogP contribution in [0.2, 0.25) is 0 Å². The van der Waals surface area contributed by atoms with Crippen molar-refractivity contribution in [1.82, 2.24) is 0 Å². The van der Waals surface area contributed by atoms with E-state index >= 15 is 0 Å². The second-order valence-electron chi connectivity index (χ2n) is 15.4. The fourth-order valence-electron chi connectivity index (χ4n) is 6.26. The molecule has 0 heterocycles. The van der Waals surface area contributed by atoms with E-state index < -0.39 is 6.10 Å². The van der Waals surface area contributed by atoms with Gasteiger partial charge in [-0.05, 0) is 103 Å². The SMILES string of the molecule is CC/C=C\C/C=C\C/C=C\C/C=C\C/C=C\CCCCCCCCCCOCC(CO)OC(=O)CCCCCCCCC/C=C\C/C=C\C/C=C\C/C=C\C/C=C\CC. The molecule has 0 aromatic carbocycles. The summed E-state index contributed by atoms with van der Waals surface area (Å²) in [4.78, 5) is 12.3. The van der Waals surface area contributed by atoms with Crippen LogP contribution in [0.3, 0.4) is 0 Å². The van der Waals surface area contributed by atoms with Crippen LogP contribution in [0.25, 0.3) is 0 Å². The van der Waals surface area contributed by atoms with Gasteiger partial charge >= 0.3 is 5.97 Å². The molecule has 0 fully saturated rings. The lowest BCUT2D eigenvalue weighted by Gasteiger charge is -2.16. The number of aliphatic hydroxyl groups is 1. The first-order valence-electron chi connectivity index (χ1n) is 24.1. The van der Waals surface area contributed by atoms with E-state index in [0.717, 1.165) is 103 Å². The first kappa shape index (κ1) is 55.8. The molecule has 0 bridgehead atoms. The highest BCUT2D eigenvalue weighted by Crippen LogP contribution is 2.13. The van der Waals surface area contributed by atoms with Crippen molar-refractivity contribution in [2.75, 3.05) is 19.8 Å². The van der Waals surface area contributed by atoms with Gasteiger partial charge in [-0.3, -0.25) is 4.79 Å². The van der Waals surface area contributed by atoms with E-state index in [4.69, 9.17) is 9.47 Å². The first-order valence-corrected chi connectivity index (χ1v) is 24.1. The van der Waals surface area contributed by atoms with Crippen LogP contribution in [0, 0.1) is 0 Å². The Kier molecular flexibility index (Phi) is 48.2. The number of rotatable bonds is 43. The molecule has 0 saturated heterocycles. The Morgan fingerprint density at radius 1 is 0.407 bits per heavy atom. The zero-order chi connectivity index (χ0) is 42.6. The molecule has 0 aromatic heterocycles. The van der Waals surface area contributed by atoms with Gasteiger partial charge in [-0.25, -0.2) is 0 Å². The third-order valence-corrected chi connectivity index (χ3v) is 9.78. The lowest BCUT2D eigenvalue weighted by Crippen LogP contribution is -2.27. The number of aliphatic hydroxyl groups excluding tert-OH is 1. The van der Waals surface area contributed by atoms with Crippen LogP contribution in [-0.4, -0.2) is 37.0 Å². The summed E-state index contributed by atoms with van der Waals surface area (Å²) in [6, 6.07) is 0. The number of unbranched alkanes of at least 4 members (excludes halogenated alkanes) is 15. The number of hydrogen-bond acceptors (Lipinski definition) is 4. The molecule has 0 aromatic rings. The maximum atomic E-state index is 12.3. The van der Waals surface area contributed by atoms with Gasteiger partial charge in [0, 0.05) is 13.0 Å². The Bertz CT molecular complexity index is 1180. The molecule has 0 aliphatic heterocycles. The summed E-state index contributed by atoms with van der Waals surface area (Å²) >= 11 is 0. The molecule has 334 valence electrons. The number of carbonyl (C=O) groups excluding carboxylic acids is 1. The van der Waals surface area contributed by atoms with E-state index in [0.29, 0.717) is 13.0 Å². The molecule has 59 heavy (non-hydrogen) atoms. The Morgan fingerprint density at radius 2 is 0.712 bits per heavy atom. The summed E-state index contributed by atoms with van der Waals surface area (Å²) < 4.78 is 11.2. The van der Waals surface area contributed by atoms with Gasteiger partial charge in [0.2, 0.25) is 0 Å². The third kappa shape index (κ3) is 49.1. The smallest absolute Gasteiger partial charge is 0.306 e. The molecule has 0 radical (unpaired) electrons. The Hall–Kier alpha value is -3.21. The zero-order valence-corrected chi connectivity index (χ0v) is 38.2. The zero-order valence-electron chi connectivity index (χ0n) is 38.2. The van der Waals surface area contributed by atoms with Crippen molar-refractivity contribution in [3.63, 3.8) is 0 Å². The molecule has 4 heteroatoms. The molecule has 0 aliphatic carbocycles. The van der Waals surface area contributed by atoms with E-state index in [9.17, 15) is 9.90 Å². The Morgan fingerprint density at radius 3 is 1.07 bits per heavy atom. The van der Waals surface area contributed by atoms with Crippen molar-refractivity contribution in [1.29, 1.82) is 0 Å². The van der Waals surface area contributed by atoms with Gasteiger partial charge < -0.3 is 14.6 Å². The number of allylic oxidation sites excluding steroid dienone is 20. The predicted molar refractivity (Wildman–Crippen MR) is 260 cm³/mol. The summed E-state index contributed by atoms with van der Waals surface area (Å²) in [6.07, 6.45) is 75.6. The van der Waals surface area contributed by atoms with Gasteiger partial charge in [0.1, 0.15) is 6.10 Å². The number of carbonyl (C=O) groups is 1. The van der Waals surface area contributed by atoms with Crippen molar-refractivity contribution in [2.45, 2.75) is 200 Å². The quantitative estimate of drug-likeness (QED) is 0.0378. The Balaban J connectivity index is 3.53. The molecule has 1 unspecified atom stereocenters. The van der Waals surface area contributed by atoms with E-state index in [1.165, 1.54) is 70.6 Å². The summed E-state index contributed by atoms with van der Waals surface area (Å²) in [7, 11) is 0. The molecule has 1 N–H and O–H groups in total. The molecule has 4 nitrogen and oxygen atoms in total. The van der Waals surface area contributed by atoms with Gasteiger partial charge in [0.25, 0.3) is 0 Å². The van der Waals surface area contributed by atoms with Gasteiger partial charge in [-0.2, -0.15) is 0 Å². The standard InChI is InChI=1S/C55H90O4/c1-3-5-7-9-11-13-15-17-19-21-23-25-27-29-31-33-35-37-39-41-43-45-47-49-51-58-53-54(52-56)59-55(57)50-48-46-44-42-40-38-36-34-32-30-28-26-24-22-20-18-16-14-12-10-8-6-4-2/h5-8,11-14,17-20,23-26,29-32,54,56H,3-4,9-10,15-16,21-22,27-28,33-53H2,1-2H3/b7-5-,8-6-,13-11-,14-12-,19-17-,20-18-,25-23-,26-24-,31-29-,32-30-. The molecule has 0 saturated carbocycles. The minimum atomic E-state index is -0.555. The molecule has 1 atom stereocenters. The lowest BCUT2D eigenvalue weighted by molar-refractivity contribution is -0.154. The average molecular weight is 815 g/mol. The Labute approximate surface area is 365 Å². The monoisotopic (exact) mass is 815 g/mol. The highest BCUT2D eigenvalue weighted by atomic mass is 16.6. The van der Waals surface area contributed by atoms with Crippen molar-refractivity contribution in [2.24, 2.45) is 0 Å². The molecular formula is C55H90O4. The predicted octanol–water partition coefficient (Wildman–Crippen LogP) is 16.4. The van der Waals surface area contributed by atoms with Crippen molar-refractivity contribution in [3.05, 3.63) is 122 Å². The lowest BCUT2D eigenvalue weighted by atomic mass is 10.1. The molecule has 0 aliphatic rings. The molecule has 0 spiro atoms. The third-order valence-electron chi connectivity index (χ3n) is 9.78. The normalized spacial score (nSPS) is 13.5. The fraction of sp³-hybridized carbons (Fsp3) is 0.618. The van der Waals surface area contributed by atoms with Gasteiger partial charge in [0.05, 0.1) is 13.2 Å². The van der Waals surface area contributed by atoms with Crippen LogP contribution < -0.4 is 0 Å². The van der Waals surface area contributed by atoms with Crippen molar-refractivity contribution in [3.8, 4) is 0 Å². The topological polar surface area (TPSA) is 55.8 Å². The summed E-state index contributed by atoms with van der Waals surface area (Å²) in [5, 5.41) is 9.64. The van der Waals surface area contributed by atoms with Crippen LogP contribution in [0.5, 0.6) is 0 Å². The number of hydrogen-bond donors (Lipinski definition) is 1. The van der Waals surface area contributed by atoms with E-state index in [-0.39, 0.29) is 19.2 Å². The van der Waals surface area contributed by atoms with Crippen LogP contribution in [0.15, 0.2) is 122 Å². The number of ether oxygens (including phenoxy) is 2. The minimum Gasteiger partial charge on any atom is -0.457 e. The van der Waals surface area contributed by atoms with E-state index in [1.807, 2.05) is 0 Å². The van der Waals surface area contributed by atoms with Gasteiger partial charge in [0.15, 0.2) is 0 Å². The maximum absolute atomic E-state index is 12.3. The molecule has 0 rings (SSSR count). The van der Waals surface area contributed by atoms with E-state index in [1.54, 1.807) is 0 Å². The maximum Gasteiger partial charge on any atom is 0.306 e. The van der Waals surface area contributed by atoms with Crippen LogP contribution in [-0.2, 0) is 14.3 Å². The first-order chi connectivity index (χ1) is 29.2. The number of esters is 1. The van der Waals surface area contributed by atoms with E-state index in [2.05, 4.69) is 135 Å². The van der Waals surface area contributed by atoms with Crippen LogP contribution in [0.4, 0.5) is 0 Å². The van der Waals surface area contributed by atoms with Crippen LogP contribution in [0.1, 0.15) is 194 Å². The summed E-state index contributed by atoms with van der Waals surface area (Å²) in [6.45, 7) is 5.07. The van der Waals surface area contributed by atoms with Gasteiger partial charge in [-0.15, -0.1) is 0 Å². The van der Waals surface area contributed by atoms with Gasteiger partial charge in [-0.1, -0.05) is 206 Å². The highest BCUT2D eigenvalue weighted by Gasteiger charge is 2.13.